The van der Waals surface area contributed by atoms with E-state index in [4.69, 9.17) is 21.6 Å². The van der Waals surface area contributed by atoms with Gasteiger partial charge in [-0.2, -0.15) is 5.26 Å². The average Bonchev–Trinajstić information content (AvgIpc) is 2.61. The summed E-state index contributed by atoms with van der Waals surface area (Å²) >= 11 is 5.80. The predicted octanol–water partition coefficient (Wildman–Crippen LogP) is 2.80. The zero-order chi connectivity index (χ0) is 18.2. The molecule has 1 saturated carbocycles. The van der Waals surface area contributed by atoms with Gasteiger partial charge in [-0.25, -0.2) is 0 Å². The molecule has 6 nitrogen and oxygen atoms in total. The van der Waals surface area contributed by atoms with Crippen molar-refractivity contribution in [2.75, 3.05) is 0 Å². The van der Waals surface area contributed by atoms with Gasteiger partial charge < -0.3 is 10.1 Å². The number of hydrogen-bond donors (Lipinski definition) is 1. The van der Waals surface area contributed by atoms with Crippen LogP contribution in [-0.4, -0.2) is 29.8 Å². The van der Waals surface area contributed by atoms with Crippen LogP contribution in [0.5, 0.6) is 0 Å². The number of hydrogen-bond acceptors (Lipinski definition) is 5. The van der Waals surface area contributed by atoms with E-state index in [1.54, 1.807) is 6.07 Å². The van der Waals surface area contributed by atoms with Crippen LogP contribution < -0.4 is 5.32 Å². The van der Waals surface area contributed by atoms with Crippen LogP contribution in [0.2, 0.25) is 5.02 Å². The lowest BCUT2D eigenvalue weighted by Gasteiger charge is -2.25. The maximum absolute atomic E-state index is 12.6. The van der Waals surface area contributed by atoms with Crippen molar-refractivity contribution in [2.45, 2.75) is 50.7 Å². The van der Waals surface area contributed by atoms with Crippen LogP contribution in [0.25, 0.3) is 0 Å². The zero-order valence-corrected chi connectivity index (χ0v) is 14.4. The smallest absolute Gasteiger partial charge is 0.321 e. The first-order valence-electron chi connectivity index (χ1n) is 8.18. The molecular weight excluding hydrogens is 344 g/mol. The number of carbonyl (C=O) groups excluding carboxylic acids is 3. The van der Waals surface area contributed by atoms with Crippen molar-refractivity contribution in [2.24, 2.45) is 0 Å². The number of ether oxygens (including phenoxy) is 1. The van der Waals surface area contributed by atoms with E-state index in [1.165, 1.54) is 24.3 Å². The maximum Gasteiger partial charge on any atom is 0.321 e. The second kappa shape index (κ2) is 9.19. The third kappa shape index (κ3) is 5.57. The third-order valence-corrected chi connectivity index (χ3v) is 4.28. The fourth-order valence-electron chi connectivity index (χ4n) is 2.75. The molecule has 0 aliphatic heterocycles. The van der Waals surface area contributed by atoms with E-state index >= 15 is 0 Å². The number of amides is 1. The first kappa shape index (κ1) is 18.9. The van der Waals surface area contributed by atoms with Crippen molar-refractivity contribution >= 4 is 29.3 Å². The summed E-state index contributed by atoms with van der Waals surface area (Å²) < 4.78 is 4.98. The molecule has 0 saturated heterocycles. The van der Waals surface area contributed by atoms with Crippen molar-refractivity contribution < 1.29 is 19.1 Å². The number of carbonyl (C=O) groups is 3. The van der Waals surface area contributed by atoms with E-state index < -0.39 is 30.2 Å². The van der Waals surface area contributed by atoms with Crippen molar-refractivity contribution in [3.63, 3.8) is 0 Å². The van der Waals surface area contributed by atoms with Gasteiger partial charge in [-0.1, -0.05) is 30.9 Å². The molecule has 0 bridgehead atoms. The Kier molecular flexibility index (Phi) is 6.96. The number of halogens is 1. The highest BCUT2D eigenvalue weighted by Crippen LogP contribution is 2.18. The summed E-state index contributed by atoms with van der Waals surface area (Å²) in [6.45, 7) is 0. The summed E-state index contributed by atoms with van der Waals surface area (Å²) in [5.74, 6) is -2.21. The Labute approximate surface area is 151 Å². The lowest BCUT2D eigenvalue weighted by molar-refractivity contribution is -0.152. The Morgan fingerprint density at radius 1 is 1.20 bits per heavy atom. The number of nitriles is 1. The average molecular weight is 363 g/mol. The molecule has 2 rings (SSSR count). The molecule has 7 heteroatoms. The molecule has 132 valence electrons. The van der Waals surface area contributed by atoms with Crippen LogP contribution in [0.3, 0.4) is 0 Å². The minimum absolute atomic E-state index is 0.0311. The van der Waals surface area contributed by atoms with E-state index in [9.17, 15) is 14.4 Å². The van der Waals surface area contributed by atoms with Gasteiger partial charge in [0.15, 0.2) is 0 Å². The van der Waals surface area contributed by atoms with Gasteiger partial charge in [0.25, 0.3) is 5.91 Å². The first-order valence-corrected chi connectivity index (χ1v) is 8.55. The lowest BCUT2D eigenvalue weighted by atomic mass is 9.95. The standard InChI is InChI=1S/C18H19ClN2O4/c19-13-8-6-12(7-9-13)16(23)17(25-15(22)10-11-20)18(24)21-14-4-2-1-3-5-14/h6-9,14,17H,1-5,10H2,(H,21,24). The molecule has 25 heavy (non-hydrogen) atoms. The van der Waals surface area contributed by atoms with Crippen LogP contribution in [0, 0.1) is 11.3 Å². The summed E-state index contributed by atoms with van der Waals surface area (Å²) in [4.78, 5) is 36.8. The summed E-state index contributed by atoms with van der Waals surface area (Å²) in [7, 11) is 0. The topological polar surface area (TPSA) is 96.3 Å². The van der Waals surface area contributed by atoms with Gasteiger partial charge in [0.05, 0.1) is 6.07 Å². The molecule has 1 aromatic carbocycles. The maximum atomic E-state index is 12.6. The van der Waals surface area contributed by atoms with Gasteiger partial charge in [0.1, 0.15) is 6.42 Å². The highest BCUT2D eigenvalue weighted by molar-refractivity contribution is 6.30. The summed E-state index contributed by atoms with van der Waals surface area (Å²) in [6, 6.07) is 7.57. The van der Waals surface area contributed by atoms with E-state index in [1.807, 2.05) is 0 Å². The molecule has 1 fully saturated rings. The largest absolute Gasteiger partial charge is 0.443 e. The molecule has 1 unspecified atom stereocenters. The minimum Gasteiger partial charge on any atom is -0.443 e. The molecule has 1 aliphatic rings. The Morgan fingerprint density at radius 3 is 2.44 bits per heavy atom. The number of esters is 1. The van der Waals surface area contributed by atoms with Crippen molar-refractivity contribution in [1.29, 1.82) is 5.26 Å². The molecule has 0 radical (unpaired) electrons. The summed E-state index contributed by atoms with van der Waals surface area (Å²) in [6.07, 6.45) is 2.67. The van der Waals surface area contributed by atoms with Crippen LogP contribution in [-0.2, 0) is 14.3 Å². The van der Waals surface area contributed by atoms with Gasteiger partial charge in [-0.15, -0.1) is 0 Å². The van der Waals surface area contributed by atoms with Crippen LogP contribution >= 0.6 is 11.6 Å². The summed E-state index contributed by atoms with van der Waals surface area (Å²) in [5.41, 5.74) is 0.206. The third-order valence-electron chi connectivity index (χ3n) is 4.03. The SMILES string of the molecule is N#CCC(=O)OC(C(=O)NC1CCCCC1)C(=O)c1ccc(Cl)cc1. The van der Waals surface area contributed by atoms with Crippen LogP contribution in [0.15, 0.2) is 24.3 Å². The van der Waals surface area contributed by atoms with Gasteiger partial charge in [0.2, 0.25) is 11.9 Å². The number of Topliss-reactive ketones (excluding diaryl/α,β-unsaturated/α-hetero) is 1. The first-order chi connectivity index (χ1) is 12.0. The number of benzene rings is 1. The van der Waals surface area contributed by atoms with E-state index in [-0.39, 0.29) is 11.6 Å². The van der Waals surface area contributed by atoms with Crippen molar-refractivity contribution in [1.82, 2.24) is 5.32 Å². The number of rotatable bonds is 6. The van der Waals surface area contributed by atoms with Crippen molar-refractivity contribution in [3.8, 4) is 6.07 Å². The fourth-order valence-corrected chi connectivity index (χ4v) is 2.88. The fraction of sp³-hybridized carbons (Fsp3) is 0.444. The van der Waals surface area contributed by atoms with E-state index in [0.29, 0.717) is 5.02 Å². The normalized spacial score (nSPS) is 15.7. The molecule has 1 N–H and O–H groups in total. The van der Waals surface area contributed by atoms with Gasteiger partial charge in [0, 0.05) is 16.6 Å². The number of nitrogens with one attached hydrogen (secondary N) is 1. The lowest BCUT2D eigenvalue weighted by Crippen LogP contribution is -2.47. The van der Waals surface area contributed by atoms with Crippen molar-refractivity contribution in [3.05, 3.63) is 34.9 Å². The molecular formula is C18H19ClN2O4. The van der Waals surface area contributed by atoms with Gasteiger partial charge in [-0.3, -0.25) is 14.4 Å². The summed E-state index contributed by atoms with van der Waals surface area (Å²) in [5, 5.41) is 11.8. The number of ketones is 1. The van der Waals surface area contributed by atoms with E-state index in [0.717, 1.165) is 32.1 Å². The Balaban J connectivity index is 2.14. The Hall–Kier alpha value is -2.39. The Bertz CT molecular complexity index is 675. The van der Waals surface area contributed by atoms with Gasteiger partial charge in [-0.05, 0) is 37.1 Å². The molecule has 1 amide bonds. The van der Waals surface area contributed by atoms with Crippen LogP contribution in [0.1, 0.15) is 48.9 Å². The highest BCUT2D eigenvalue weighted by Gasteiger charge is 2.33. The quantitative estimate of drug-likeness (QED) is 0.477. The molecule has 1 atom stereocenters. The van der Waals surface area contributed by atoms with E-state index in [2.05, 4.69) is 5.32 Å². The zero-order valence-electron chi connectivity index (χ0n) is 13.7. The number of nitrogens with zero attached hydrogens (tertiary/aromatic N) is 1. The molecule has 0 spiro atoms. The predicted molar refractivity (Wildman–Crippen MR) is 90.9 cm³/mol. The molecule has 0 heterocycles. The molecule has 1 aromatic rings. The second-order valence-corrected chi connectivity index (χ2v) is 6.36. The van der Waals surface area contributed by atoms with Crippen LogP contribution in [0.4, 0.5) is 0 Å². The highest BCUT2D eigenvalue weighted by atomic mass is 35.5. The Morgan fingerprint density at radius 2 is 1.84 bits per heavy atom. The molecule has 0 aromatic heterocycles. The second-order valence-electron chi connectivity index (χ2n) is 5.92. The monoisotopic (exact) mass is 362 g/mol. The van der Waals surface area contributed by atoms with Gasteiger partial charge >= 0.3 is 5.97 Å². The molecule has 1 aliphatic carbocycles. The minimum atomic E-state index is -1.61.